The van der Waals surface area contributed by atoms with Gasteiger partial charge < -0.3 is 9.51 Å². The highest BCUT2D eigenvalue weighted by Gasteiger charge is 2.51. The normalized spacial score (nSPS) is 22.6. The molecule has 1 saturated carbocycles. The molecular formula is C15H19N3O. The molecule has 1 N–H and O–H groups in total. The molecule has 0 bridgehead atoms. The molecule has 2 aliphatic rings. The molecule has 0 radical (unpaired) electrons. The Labute approximate surface area is 112 Å². The molecule has 4 rings (SSSR count). The predicted octanol–water partition coefficient (Wildman–Crippen LogP) is 1.60. The van der Waals surface area contributed by atoms with Crippen molar-refractivity contribution in [2.75, 3.05) is 13.1 Å². The van der Waals surface area contributed by atoms with E-state index in [9.17, 15) is 5.11 Å². The van der Waals surface area contributed by atoms with Crippen LogP contribution in [-0.2, 0) is 6.54 Å². The Kier molecular flexibility index (Phi) is 2.29. The average molecular weight is 257 g/mol. The van der Waals surface area contributed by atoms with Crippen LogP contribution in [0.1, 0.15) is 24.1 Å². The van der Waals surface area contributed by atoms with Crippen LogP contribution in [0.15, 0.2) is 24.5 Å². The molecule has 1 saturated heterocycles. The summed E-state index contributed by atoms with van der Waals surface area (Å²) in [5.74, 6) is 0.562. The number of aromatic nitrogens is 2. The van der Waals surface area contributed by atoms with Crippen molar-refractivity contribution in [1.29, 1.82) is 0 Å². The van der Waals surface area contributed by atoms with Gasteiger partial charge in [0, 0.05) is 32.0 Å². The van der Waals surface area contributed by atoms with E-state index in [4.69, 9.17) is 0 Å². The fourth-order valence-electron chi connectivity index (χ4n) is 3.23. The molecule has 2 aromatic rings. The second kappa shape index (κ2) is 3.81. The Balaban J connectivity index is 1.49. The van der Waals surface area contributed by atoms with Gasteiger partial charge in [-0.05, 0) is 37.3 Å². The number of fused-ring (bicyclic) bond motifs is 1. The molecule has 100 valence electrons. The fourth-order valence-corrected chi connectivity index (χ4v) is 3.23. The molecule has 0 amide bonds. The first-order chi connectivity index (χ1) is 9.14. The highest BCUT2D eigenvalue weighted by molar-refractivity contribution is 5.47. The lowest BCUT2D eigenvalue weighted by Crippen LogP contribution is -2.62. The van der Waals surface area contributed by atoms with E-state index in [1.165, 1.54) is 18.4 Å². The summed E-state index contributed by atoms with van der Waals surface area (Å²) < 4.78 is 2.08. The van der Waals surface area contributed by atoms with Crippen molar-refractivity contribution in [3.63, 3.8) is 0 Å². The maximum Gasteiger partial charge on any atom is 0.139 e. The Morgan fingerprint density at radius 3 is 2.89 bits per heavy atom. The summed E-state index contributed by atoms with van der Waals surface area (Å²) in [6.45, 7) is 4.55. The second-order valence-corrected chi connectivity index (χ2v) is 6.18. The van der Waals surface area contributed by atoms with Crippen LogP contribution < -0.4 is 0 Å². The summed E-state index contributed by atoms with van der Waals surface area (Å²) >= 11 is 0. The van der Waals surface area contributed by atoms with Crippen LogP contribution in [0.3, 0.4) is 0 Å². The van der Waals surface area contributed by atoms with Crippen molar-refractivity contribution in [3.05, 3.63) is 35.8 Å². The van der Waals surface area contributed by atoms with Gasteiger partial charge in [-0.1, -0.05) is 6.07 Å². The van der Waals surface area contributed by atoms with Crippen LogP contribution in [0.2, 0.25) is 0 Å². The second-order valence-electron chi connectivity index (χ2n) is 6.18. The number of hydrogen-bond donors (Lipinski definition) is 1. The number of aliphatic hydroxyl groups is 1. The monoisotopic (exact) mass is 257 g/mol. The third-order valence-electron chi connectivity index (χ3n) is 4.45. The van der Waals surface area contributed by atoms with Crippen LogP contribution >= 0.6 is 0 Å². The first-order valence-electron chi connectivity index (χ1n) is 7.02. The van der Waals surface area contributed by atoms with Crippen LogP contribution in [-0.4, -0.2) is 38.1 Å². The minimum Gasteiger partial charge on any atom is -0.387 e. The van der Waals surface area contributed by atoms with Crippen molar-refractivity contribution in [1.82, 2.24) is 14.3 Å². The molecule has 0 aromatic carbocycles. The van der Waals surface area contributed by atoms with E-state index in [0.29, 0.717) is 5.92 Å². The van der Waals surface area contributed by atoms with Crippen molar-refractivity contribution < 1.29 is 5.11 Å². The van der Waals surface area contributed by atoms with E-state index < -0.39 is 5.60 Å². The van der Waals surface area contributed by atoms with Crippen LogP contribution in [0, 0.1) is 12.8 Å². The summed E-state index contributed by atoms with van der Waals surface area (Å²) in [6, 6.07) is 4.13. The number of likely N-dealkylation sites (tertiary alicyclic amines) is 1. The molecule has 1 aliphatic carbocycles. The summed E-state index contributed by atoms with van der Waals surface area (Å²) in [4.78, 5) is 6.97. The van der Waals surface area contributed by atoms with E-state index >= 15 is 0 Å². The van der Waals surface area contributed by atoms with Gasteiger partial charge >= 0.3 is 0 Å². The standard InChI is InChI=1S/C15H19N3O/c1-11-3-2-6-18-8-13(16-14(11)18)7-17-9-15(19,10-17)12-4-5-12/h2-3,6,8,12,19H,4-5,7,9-10H2,1H3. The van der Waals surface area contributed by atoms with Crippen molar-refractivity contribution in [2.24, 2.45) is 5.92 Å². The zero-order chi connectivity index (χ0) is 13.0. The summed E-state index contributed by atoms with van der Waals surface area (Å²) in [7, 11) is 0. The lowest BCUT2D eigenvalue weighted by molar-refractivity contribution is -0.116. The largest absolute Gasteiger partial charge is 0.387 e. The third-order valence-corrected chi connectivity index (χ3v) is 4.45. The van der Waals surface area contributed by atoms with Gasteiger partial charge in [0.25, 0.3) is 0 Å². The van der Waals surface area contributed by atoms with Crippen LogP contribution in [0.25, 0.3) is 5.65 Å². The molecule has 0 unspecified atom stereocenters. The van der Waals surface area contributed by atoms with Gasteiger partial charge in [-0.25, -0.2) is 4.98 Å². The van der Waals surface area contributed by atoms with Gasteiger partial charge in [0.05, 0.1) is 11.3 Å². The van der Waals surface area contributed by atoms with Gasteiger partial charge in [0.1, 0.15) is 5.65 Å². The summed E-state index contributed by atoms with van der Waals surface area (Å²) in [5.41, 5.74) is 2.93. The van der Waals surface area contributed by atoms with Crippen LogP contribution in [0.4, 0.5) is 0 Å². The molecule has 0 spiro atoms. The highest BCUT2D eigenvalue weighted by Crippen LogP contribution is 2.44. The topological polar surface area (TPSA) is 40.8 Å². The maximum atomic E-state index is 10.3. The number of pyridine rings is 1. The Morgan fingerprint density at radius 2 is 2.21 bits per heavy atom. The van der Waals surface area contributed by atoms with E-state index in [1.54, 1.807) is 0 Å². The van der Waals surface area contributed by atoms with E-state index in [2.05, 4.69) is 33.5 Å². The van der Waals surface area contributed by atoms with E-state index in [-0.39, 0.29) is 0 Å². The predicted molar refractivity (Wildman–Crippen MR) is 72.9 cm³/mol. The Bertz CT molecular complexity index is 623. The Hall–Kier alpha value is -1.39. The molecule has 2 aromatic heterocycles. The molecular weight excluding hydrogens is 238 g/mol. The molecule has 4 nitrogen and oxygen atoms in total. The van der Waals surface area contributed by atoms with Gasteiger partial charge in [-0.15, -0.1) is 0 Å². The molecule has 1 aliphatic heterocycles. The average Bonchev–Trinajstić information content (AvgIpc) is 3.10. The fraction of sp³-hybridized carbons (Fsp3) is 0.533. The molecule has 2 fully saturated rings. The number of imidazole rings is 1. The maximum absolute atomic E-state index is 10.3. The lowest BCUT2D eigenvalue weighted by Gasteiger charge is -2.46. The number of nitrogens with zero attached hydrogens (tertiary/aromatic N) is 3. The number of rotatable bonds is 3. The number of hydrogen-bond acceptors (Lipinski definition) is 3. The first-order valence-corrected chi connectivity index (χ1v) is 7.02. The van der Waals surface area contributed by atoms with Crippen LogP contribution in [0.5, 0.6) is 0 Å². The quantitative estimate of drug-likeness (QED) is 0.908. The van der Waals surface area contributed by atoms with Gasteiger partial charge in [-0.2, -0.15) is 0 Å². The minimum absolute atomic E-state index is 0.394. The zero-order valence-corrected chi connectivity index (χ0v) is 11.2. The SMILES string of the molecule is Cc1cccn2cc(CN3CC(O)(C4CC4)C3)nc12. The van der Waals surface area contributed by atoms with Crippen molar-refractivity contribution in [3.8, 4) is 0 Å². The van der Waals surface area contributed by atoms with Gasteiger partial charge in [0.2, 0.25) is 0 Å². The minimum atomic E-state index is -0.394. The molecule has 4 heteroatoms. The smallest absolute Gasteiger partial charge is 0.139 e. The van der Waals surface area contributed by atoms with Gasteiger partial charge in [0.15, 0.2) is 0 Å². The number of β-amino-alcohol motifs (C(OH)–C–C–N with tert-alkyl or cyclic N) is 1. The Morgan fingerprint density at radius 1 is 1.42 bits per heavy atom. The van der Waals surface area contributed by atoms with Gasteiger partial charge in [-0.3, -0.25) is 4.90 Å². The molecule has 19 heavy (non-hydrogen) atoms. The number of aryl methyl sites for hydroxylation is 1. The van der Waals surface area contributed by atoms with E-state index in [0.717, 1.165) is 31.0 Å². The lowest BCUT2D eigenvalue weighted by atomic mass is 9.89. The zero-order valence-electron chi connectivity index (χ0n) is 11.2. The summed E-state index contributed by atoms with van der Waals surface area (Å²) in [5, 5.41) is 10.3. The van der Waals surface area contributed by atoms with Crippen molar-refractivity contribution >= 4 is 5.65 Å². The summed E-state index contributed by atoms with van der Waals surface area (Å²) in [6.07, 6.45) is 6.54. The first kappa shape index (κ1) is 11.4. The van der Waals surface area contributed by atoms with E-state index in [1.807, 2.05) is 12.3 Å². The molecule has 3 heterocycles. The van der Waals surface area contributed by atoms with Crippen molar-refractivity contribution in [2.45, 2.75) is 31.9 Å². The third kappa shape index (κ3) is 1.86. The highest BCUT2D eigenvalue weighted by atomic mass is 16.3. The molecule has 0 atom stereocenters.